The van der Waals surface area contributed by atoms with Gasteiger partial charge in [-0.25, -0.2) is 14.4 Å². The number of carbonyl (C=O) groups excluding carboxylic acids is 4. The van der Waals surface area contributed by atoms with Crippen LogP contribution >= 0.6 is 0 Å². The van der Waals surface area contributed by atoms with E-state index in [1.807, 2.05) is 20.8 Å². The third-order valence-electron chi connectivity index (χ3n) is 5.57. The highest BCUT2D eigenvalue weighted by Crippen LogP contribution is 2.30. The van der Waals surface area contributed by atoms with Crippen molar-refractivity contribution in [1.29, 1.82) is 0 Å². The molecule has 1 aromatic carbocycles. The van der Waals surface area contributed by atoms with E-state index in [2.05, 4.69) is 0 Å². The highest BCUT2D eigenvalue weighted by Gasteiger charge is 2.26. The summed E-state index contributed by atoms with van der Waals surface area (Å²) < 4.78 is 36.0. The van der Waals surface area contributed by atoms with Crippen molar-refractivity contribution in [3.8, 4) is 11.5 Å². The molecule has 220 valence electrons. The predicted octanol–water partition coefficient (Wildman–Crippen LogP) is 5.07. The number of ether oxygens (including phenoxy) is 7. The van der Waals surface area contributed by atoms with E-state index in [0.29, 0.717) is 24.8 Å². The van der Waals surface area contributed by atoms with E-state index in [1.54, 1.807) is 33.8 Å². The van der Waals surface area contributed by atoms with Gasteiger partial charge in [0.1, 0.15) is 30.5 Å². The van der Waals surface area contributed by atoms with E-state index < -0.39 is 48.8 Å². The zero-order valence-electron chi connectivity index (χ0n) is 23.7. The van der Waals surface area contributed by atoms with E-state index in [-0.39, 0.29) is 30.6 Å². The van der Waals surface area contributed by atoms with Crippen LogP contribution < -0.4 is 15.2 Å². The first kappa shape index (κ1) is 33.5. The molecule has 12 nitrogen and oxygen atoms in total. The molecule has 2 N–H and O–H groups in total. The molecule has 1 rings (SSSR count). The van der Waals surface area contributed by atoms with E-state index >= 15 is 0 Å². The zero-order valence-corrected chi connectivity index (χ0v) is 23.7. The number of hydrogen-bond donors (Lipinski definition) is 1. The first-order valence-electron chi connectivity index (χ1n) is 13.1. The van der Waals surface area contributed by atoms with Crippen molar-refractivity contribution in [3.63, 3.8) is 0 Å². The molecule has 0 radical (unpaired) electrons. The Morgan fingerprint density at radius 3 is 1.82 bits per heavy atom. The Morgan fingerprint density at radius 2 is 1.28 bits per heavy atom. The van der Waals surface area contributed by atoms with Gasteiger partial charge in [-0.2, -0.15) is 0 Å². The Kier molecular flexibility index (Phi) is 14.7. The molecule has 0 saturated heterocycles. The van der Waals surface area contributed by atoms with E-state index in [1.165, 1.54) is 12.1 Å². The Hall–Kier alpha value is -3.54. The summed E-state index contributed by atoms with van der Waals surface area (Å²) in [5.74, 6) is -0.946. The van der Waals surface area contributed by atoms with Crippen molar-refractivity contribution in [3.05, 3.63) is 23.8 Å². The first-order chi connectivity index (χ1) is 18.4. The van der Waals surface area contributed by atoms with Gasteiger partial charge >= 0.3 is 24.4 Å². The number of nitrogens with two attached hydrogens (primary N) is 1. The van der Waals surface area contributed by atoms with Gasteiger partial charge in [-0.3, -0.25) is 4.79 Å². The second-order valence-corrected chi connectivity index (χ2v) is 9.03. The topological polar surface area (TPSA) is 159 Å². The number of carbonyl (C=O) groups is 4. The lowest BCUT2D eigenvalue weighted by Crippen LogP contribution is -2.39. The predicted molar refractivity (Wildman–Crippen MR) is 140 cm³/mol. The summed E-state index contributed by atoms with van der Waals surface area (Å²) in [5.41, 5.74) is 6.52. The molecular formula is C27H41NO11. The zero-order chi connectivity index (χ0) is 29.5. The molecule has 0 saturated carbocycles. The molecule has 0 fully saturated rings. The van der Waals surface area contributed by atoms with Crippen LogP contribution in [-0.4, -0.2) is 61.5 Å². The molecule has 0 aliphatic carbocycles. The lowest BCUT2D eigenvalue weighted by Gasteiger charge is -2.22. The monoisotopic (exact) mass is 555 g/mol. The standard InChI is InChI=1S/C27H41NO11/c1-8-13-33-25(30)37-19(7)18(6)36-24(29)21(28)14-20-11-12-22(38-26(31)34-16(4)9-2)23(15-20)39-27(32)35-17(5)10-3/h11-12,15-19,21H,8-10,13-14,28H2,1-7H3/t16?,17?,18-,19-,21-/m0/s1. The van der Waals surface area contributed by atoms with Crippen LogP contribution in [0.4, 0.5) is 14.4 Å². The fourth-order valence-electron chi connectivity index (χ4n) is 2.74. The van der Waals surface area contributed by atoms with E-state index in [0.717, 1.165) is 0 Å². The third kappa shape index (κ3) is 12.7. The largest absolute Gasteiger partial charge is 0.514 e. The second kappa shape index (κ2) is 17.1. The molecule has 0 aliphatic heterocycles. The minimum absolute atomic E-state index is 0.00625. The van der Waals surface area contributed by atoms with Gasteiger partial charge in [0, 0.05) is 0 Å². The summed E-state index contributed by atoms with van der Waals surface area (Å²) in [4.78, 5) is 48.6. The molecule has 0 amide bonds. The van der Waals surface area contributed by atoms with Gasteiger partial charge in [0.25, 0.3) is 0 Å². The SMILES string of the molecule is CCCOC(=O)O[C@@H](C)[C@H](C)OC(=O)[C@@H](N)Cc1ccc(OC(=O)OC(C)CC)c(OC(=O)OC(C)CC)c1. The van der Waals surface area contributed by atoms with Gasteiger partial charge in [-0.15, -0.1) is 0 Å². The maximum absolute atomic E-state index is 12.6. The van der Waals surface area contributed by atoms with Crippen molar-refractivity contribution in [2.75, 3.05) is 6.61 Å². The molecule has 0 heterocycles. The van der Waals surface area contributed by atoms with Crippen LogP contribution in [0.15, 0.2) is 18.2 Å². The van der Waals surface area contributed by atoms with Gasteiger partial charge in [0.2, 0.25) is 0 Å². The first-order valence-corrected chi connectivity index (χ1v) is 13.1. The molecule has 0 bridgehead atoms. The number of benzene rings is 1. The maximum atomic E-state index is 12.6. The molecule has 2 unspecified atom stereocenters. The molecule has 39 heavy (non-hydrogen) atoms. The Balaban J connectivity index is 2.93. The van der Waals surface area contributed by atoms with Crippen LogP contribution in [0.5, 0.6) is 11.5 Å². The minimum atomic E-state index is -1.10. The minimum Gasteiger partial charge on any atom is -0.458 e. The van der Waals surface area contributed by atoms with Crippen LogP contribution in [0.3, 0.4) is 0 Å². The molecule has 1 aromatic rings. The summed E-state index contributed by atoms with van der Waals surface area (Å²) in [7, 11) is 0. The van der Waals surface area contributed by atoms with Gasteiger partial charge in [-0.1, -0.05) is 26.8 Å². The van der Waals surface area contributed by atoms with Gasteiger partial charge in [-0.05, 0) is 71.1 Å². The fraction of sp³-hybridized carbons (Fsp3) is 0.630. The molecule has 0 aliphatic rings. The smallest absolute Gasteiger partial charge is 0.458 e. The highest BCUT2D eigenvalue weighted by atomic mass is 16.8. The van der Waals surface area contributed by atoms with Crippen LogP contribution in [-0.2, 0) is 34.9 Å². The average Bonchev–Trinajstić information content (AvgIpc) is 2.88. The van der Waals surface area contributed by atoms with Gasteiger partial charge in [0.05, 0.1) is 6.61 Å². The summed E-state index contributed by atoms with van der Waals surface area (Å²) in [5, 5.41) is 0. The average molecular weight is 556 g/mol. The maximum Gasteiger partial charge on any atom is 0.514 e. The molecule has 12 heteroatoms. The molecule has 5 atom stereocenters. The van der Waals surface area contributed by atoms with Gasteiger partial charge in [0.15, 0.2) is 11.5 Å². The van der Waals surface area contributed by atoms with Gasteiger partial charge < -0.3 is 38.9 Å². The molecule has 0 aromatic heterocycles. The molecule has 0 spiro atoms. The fourth-order valence-corrected chi connectivity index (χ4v) is 2.74. The summed E-state index contributed by atoms with van der Waals surface area (Å²) in [6.07, 6.45) is -3.37. The van der Waals surface area contributed by atoms with Crippen molar-refractivity contribution >= 4 is 24.4 Å². The van der Waals surface area contributed by atoms with E-state index in [9.17, 15) is 19.2 Å². The van der Waals surface area contributed by atoms with Crippen molar-refractivity contribution in [1.82, 2.24) is 0 Å². The lowest BCUT2D eigenvalue weighted by molar-refractivity contribution is -0.155. The number of esters is 1. The molecular weight excluding hydrogens is 514 g/mol. The van der Waals surface area contributed by atoms with Crippen LogP contribution in [0.2, 0.25) is 0 Å². The van der Waals surface area contributed by atoms with Crippen LogP contribution in [0, 0.1) is 0 Å². The summed E-state index contributed by atoms with van der Waals surface area (Å²) in [6.45, 7) is 12.3. The Labute approximate surface area is 229 Å². The Bertz CT molecular complexity index is 952. The second-order valence-electron chi connectivity index (χ2n) is 9.03. The Morgan fingerprint density at radius 1 is 0.744 bits per heavy atom. The van der Waals surface area contributed by atoms with Crippen LogP contribution in [0.25, 0.3) is 0 Å². The van der Waals surface area contributed by atoms with Crippen molar-refractivity contribution in [2.45, 2.75) is 105 Å². The summed E-state index contributed by atoms with van der Waals surface area (Å²) in [6, 6.07) is 3.23. The van der Waals surface area contributed by atoms with Crippen molar-refractivity contribution in [2.24, 2.45) is 5.73 Å². The highest BCUT2D eigenvalue weighted by molar-refractivity contribution is 5.76. The van der Waals surface area contributed by atoms with Crippen molar-refractivity contribution < 1.29 is 52.3 Å². The van der Waals surface area contributed by atoms with Crippen LogP contribution in [0.1, 0.15) is 73.3 Å². The normalized spacial score (nSPS) is 14.6. The number of rotatable bonds is 14. The third-order valence-corrected chi connectivity index (χ3v) is 5.57. The number of hydrogen-bond acceptors (Lipinski definition) is 12. The summed E-state index contributed by atoms with van der Waals surface area (Å²) >= 11 is 0. The lowest BCUT2D eigenvalue weighted by atomic mass is 10.1. The van der Waals surface area contributed by atoms with E-state index in [4.69, 9.17) is 38.9 Å². The quantitative estimate of drug-likeness (QED) is 0.185.